The molecular weight excluding hydrogens is 275 g/mol. The summed E-state index contributed by atoms with van der Waals surface area (Å²) in [5.74, 6) is -1.94. The van der Waals surface area contributed by atoms with Crippen LogP contribution >= 0.6 is 0 Å². The first kappa shape index (κ1) is 15.4. The molecule has 1 heterocycles. The van der Waals surface area contributed by atoms with Gasteiger partial charge < -0.3 is 15.7 Å². The average Bonchev–Trinajstić information content (AvgIpc) is 2.49. The third kappa shape index (κ3) is 3.58. The topological polar surface area (TPSA) is 78.4 Å². The van der Waals surface area contributed by atoms with Gasteiger partial charge in [0, 0.05) is 0 Å². The minimum atomic E-state index is -1.27. The SMILES string of the molecule is CCC1CCNC(C(=O)Nc2c(F)cccc2C(=O)O)C1. The van der Waals surface area contributed by atoms with Gasteiger partial charge in [0.1, 0.15) is 5.82 Å². The number of hydrogen-bond acceptors (Lipinski definition) is 3. The number of hydrogen-bond donors (Lipinski definition) is 3. The maximum Gasteiger partial charge on any atom is 0.337 e. The van der Waals surface area contributed by atoms with Gasteiger partial charge in [0.2, 0.25) is 5.91 Å². The number of nitrogens with one attached hydrogen (secondary N) is 2. The van der Waals surface area contributed by atoms with Crippen LogP contribution < -0.4 is 10.6 Å². The van der Waals surface area contributed by atoms with Crippen molar-refractivity contribution in [2.45, 2.75) is 32.2 Å². The quantitative estimate of drug-likeness (QED) is 0.796. The van der Waals surface area contributed by atoms with E-state index in [-0.39, 0.29) is 17.2 Å². The lowest BCUT2D eigenvalue weighted by molar-refractivity contribution is -0.119. The molecule has 1 aromatic carbocycles. The van der Waals surface area contributed by atoms with Gasteiger partial charge in [0.25, 0.3) is 0 Å². The fourth-order valence-electron chi connectivity index (χ4n) is 2.61. The third-order valence-electron chi connectivity index (χ3n) is 3.90. The Morgan fingerprint density at radius 3 is 2.90 bits per heavy atom. The zero-order chi connectivity index (χ0) is 15.4. The molecule has 1 amide bonds. The van der Waals surface area contributed by atoms with Crippen molar-refractivity contribution in [3.63, 3.8) is 0 Å². The fourth-order valence-corrected chi connectivity index (χ4v) is 2.61. The van der Waals surface area contributed by atoms with Crippen molar-refractivity contribution in [2.75, 3.05) is 11.9 Å². The highest BCUT2D eigenvalue weighted by Gasteiger charge is 2.27. The van der Waals surface area contributed by atoms with Gasteiger partial charge >= 0.3 is 5.97 Å². The van der Waals surface area contributed by atoms with Crippen LogP contribution in [-0.2, 0) is 4.79 Å². The number of rotatable bonds is 4. The van der Waals surface area contributed by atoms with Crippen LogP contribution in [0.5, 0.6) is 0 Å². The highest BCUT2D eigenvalue weighted by atomic mass is 19.1. The molecule has 1 aliphatic rings. The van der Waals surface area contributed by atoms with Crippen LogP contribution in [0.3, 0.4) is 0 Å². The number of halogens is 1. The number of aromatic carboxylic acids is 1. The van der Waals surface area contributed by atoms with Crippen molar-refractivity contribution in [1.82, 2.24) is 5.32 Å². The zero-order valence-corrected chi connectivity index (χ0v) is 11.9. The van der Waals surface area contributed by atoms with Crippen LogP contribution in [0.4, 0.5) is 10.1 Å². The molecule has 0 spiro atoms. The van der Waals surface area contributed by atoms with Crippen molar-refractivity contribution in [3.05, 3.63) is 29.6 Å². The van der Waals surface area contributed by atoms with Crippen LogP contribution in [0.1, 0.15) is 36.5 Å². The molecule has 0 radical (unpaired) electrons. The minimum absolute atomic E-state index is 0.244. The normalized spacial score (nSPS) is 21.8. The van der Waals surface area contributed by atoms with E-state index in [4.69, 9.17) is 5.11 Å². The molecule has 0 bridgehead atoms. The maximum atomic E-state index is 13.8. The van der Waals surface area contributed by atoms with E-state index < -0.39 is 17.8 Å². The minimum Gasteiger partial charge on any atom is -0.478 e. The number of carboxylic acid groups (broad SMARTS) is 1. The molecule has 2 atom stereocenters. The van der Waals surface area contributed by atoms with E-state index in [1.165, 1.54) is 12.1 Å². The van der Waals surface area contributed by atoms with Gasteiger partial charge in [0.05, 0.1) is 17.3 Å². The molecule has 21 heavy (non-hydrogen) atoms. The van der Waals surface area contributed by atoms with E-state index in [0.717, 1.165) is 25.5 Å². The Bertz CT molecular complexity index is 548. The molecule has 0 aliphatic carbocycles. The lowest BCUT2D eigenvalue weighted by atomic mass is 9.90. The summed E-state index contributed by atoms with van der Waals surface area (Å²) in [6.07, 6.45) is 2.69. The van der Waals surface area contributed by atoms with Gasteiger partial charge in [-0.15, -0.1) is 0 Å². The van der Waals surface area contributed by atoms with Crippen LogP contribution in [0, 0.1) is 11.7 Å². The second-order valence-corrected chi connectivity index (χ2v) is 5.26. The van der Waals surface area contributed by atoms with Gasteiger partial charge in [-0.05, 0) is 37.4 Å². The number of carbonyl (C=O) groups is 2. The summed E-state index contributed by atoms with van der Waals surface area (Å²) in [7, 11) is 0. The molecule has 1 aliphatic heterocycles. The number of amides is 1. The monoisotopic (exact) mass is 294 g/mol. The molecular formula is C15H19FN2O3. The lowest BCUT2D eigenvalue weighted by Crippen LogP contribution is -2.46. The van der Waals surface area contributed by atoms with Crippen molar-refractivity contribution in [2.24, 2.45) is 5.92 Å². The highest BCUT2D eigenvalue weighted by Crippen LogP contribution is 2.23. The third-order valence-corrected chi connectivity index (χ3v) is 3.90. The Labute approximate surface area is 122 Å². The molecule has 2 unspecified atom stereocenters. The first-order valence-corrected chi connectivity index (χ1v) is 7.09. The summed E-state index contributed by atoms with van der Waals surface area (Å²) < 4.78 is 13.8. The standard InChI is InChI=1S/C15H19FN2O3/c1-2-9-6-7-17-12(8-9)14(19)18-13-10(15(20)21)4-3-5-11(13)16/h3-5,9,12,17H,2,6-8H2,1H3,(H,18,19)(H,20,21). The Morgan fingerprint density at radius 1 is 1.48 bits per heavy atom. The lowest BCUT2D eigenvalue weighted by Gasteiger charge is -2.29. The van der Waals surface area contributed by atoms with Crippen LogP contribution in [0.15, 0.2) is 18.2 Å². The second-order valence-electron chi connectivity index (χ2n) is 5.26. The number of carboxylic acids is 1. The molecule has 114 valence electrons. The van der Waals surface area contributed by atoms with Gasteiger partial charge in [-0.3, -0.25) is 4.79 Å². The number of para-hydroxylation sites is 1. The van der Waals surface area contributed by atoms with Gasteiger partial charge in [0.15, 0.2) is 0 Å². The Morgan fingerprint density at radius 2 is 2.24 bits per heavy atom. The molecule has 1 fully saturated rings. The molecule has 2 rings (SSSR count). The maximum absolute atomic E-state index is 13.8. The van der Waals surface area contributed by atoms with Crippen molar-refractivity contribution >= 4 is 17.6 Å². The smallest absolute Gasteiger partial charge is 0.337 e. The predicted molar refractivity (Wildman–Crippen MR) is 76.8 cm³/mol. The first-order chi connectivity index (χ1) is 10.0. The molecule has 6 heteroatoms. The Kier molecular flexibility index (Phi) is 4.90. The summed E-state index contributed by atoms with van der Waals surface area (Å²) in [6.45, 7) is 2.81. The molecule has 1 aromatic rings. The summed E-state index contributed by atoms with van der Waals surface area (Å²) in [5.41, 5.74) is -0.512. The van der Waals surface area contributed by atoms with Crippen LogP contribution in [-0.4, -0.2) is 29.6 Å². The van der Waals surface area contributed by atoms with Crippen LogP contribution in [0.2, 0.25) is 0 Å². The van der Waals surface area contributed by atoms with Crippen LogP contribution in [0.25, 0.3) is 0 Å². The summed E-state index contributed by atoms with van der Waals surface area (Å²) in [5, 5.41) is 14.6. The number of benzene rings is 1. The van der Waals surface area contributed by atoms with Gasteiger partial charge in [-0.2, -0.15) is 0 Å². The number of piperidine rings is 1. The molecule has 5 nitrogen and oxygen atoms in total. The van der Waals surface area contributed by atoms with Crippen molar-refractivity contribution in [1.29, 1.82) is 0 Å². The highest BCUT2D eigenvalue weighted by molar-refractivity contribution is 6.02. The zero-order valence-electron chi connectivity index (χ0n) is 11.9. The largest absolute Gasteiger partial charge is 0.478 e. The average molecular weight is 294 g/mol. The number of carbonyl (C=O) groups excluding carboxylic acids is 1. The van der Waals surface area contributed by atoms with E-state index in [2.05, 4.69) is 17.6 Å². The summed E-state index contributed by atoms with van der Waals surface area (Å²) in [6, 6.07) is 3.29. The van der Waals surface area contributed by atoms with E-state index in [1.54, 1.807) is 0 Å². The fraction of sp³-hybridized carbons (Fsp3) is 0.467. The van der Waals surface area contributed by atoms with E-state index >= 15 is 0 Å². The predicted octanol–water partition coefficient (Wildman–Crippen LogP) is 2.24. The van der Waals surface area contributed by atoms with Gasteiger partial charge in [-0.1, -0.05) is 19.4 Å². The van der Waals surface area contributed by atoms with Crippen molar-refractivity contribution in [3.8, 4) is 0 Å². The second kappa shape index (κ2) is 6.67. The number of anilines is 1. The summed E-state index contributed by atoms with van der Waals surface area (Å²) in [4.78, 5) is 23.3. The molecule has 0 aromatic heterocycles. The Balaban J connectivity index is 2.14. The molecule has 0 saturated carbocycles. The first-order valence-electron chi connectivity index (χ1n) is 7.09. The molecule has 1 saturated heterocycles. The van der Waals surface area contributed by atoms with E-state index in [9.17, 15) is 14.0 Å². The summed E-state index contributed by atoms with van der Waals surface area (Å²) >= 11 is 0. The van der Waals surface area contributed by atoms with E-state index in [0.29, 0.717) is 12.3 Å². The Hall–Kier alpha value is -1.95. The van der Waals surface area contributed by atoms with Crippen molar-refractivity contribution < 1.29 is 19.1 Å². The van der Waals surface area contributed by atoms with E-state index in [1.807, 2.05) is 0 Å². The van der Waals surface area contributed by atoms with Gasteiger partial charge in [-0.25, -0.2) is 9.18 Å². The molecule has 3 N–H and O–H groups in total.